The highest BCUT2D eigenvalue weighted by atomic mass is 35.5. The summed E-state index contributed by atoms with van der Waals surface area (Å²) in [6, 6.07) is 11.4. The zero-order chi connectivity index (χ0) is 14.8. The number of hydrogen-bond acceptors (Lipinski definition) is 3. The lowest BCUT2D eigenvalue weighted by atomic mass is 10.2. The van der Waals surface area contributed by atoms with Crippen LogP contribution in [-0.2, 0) is 0 Å². The number of halogens is 2. The number of nitrogens with zero attached hydrogens (tertiary/aromatic N) is 2. The van der Waals surface area contributed by atoms with Crippen molar-refractivity contribution in [3.05, 3.63) is 57.6 Å². The number of imidazole rings is 1. The molecule has 0 aliphatic carbocycles. The molecule has 106 valence electrons. The van der Waals surface area contributed by atoms with E-state index >= 15 is 0 Å². The molecule has 0 unspecified atom stereocenters. The van der Waals surface area contributed by atoms with E-state index < -0.39 is 0 Å². The molecule has 0 fully saturated rings. The Morgan fingerprint density at radius 2 is 2.10 bits per heavy atom. The van der Waals surface area contributed by atoms with Gasteiger partial charge in [-0.2, -0.15) is 5.10 Å². The molecule has 0 aliphatic rings. The molecule has 1 heterocycles. The van der Waals surface area contributed by atoms with Gasteiger partial charge in [-0.3, -0.25) is 0 Å². The molecule has 21 heavy (non-hydrogen) atoms. The van der Waals surface area contributed by atoms with Crippen molar-refractivity contribution in [3.8, 4) is 0 Å². The zero-order valence-corrected chi connectivity index (χ0v) is 12.7. The molecule has 6 heteroatoms. The number of hydrazone groups is 1. The minimum Gasteiger partial charge on any atom is -0.323 e. The Bertz CT molecular complexity index is 824. The second kappa shape index (κ2) is 5.76. The SMILES string of the molecule is Cc1ccc2nc(N/N=C\c3cccc(Cl)c3Cl)[nH]c2c1. The van der Waals surface area contributed by atoms with Crippen LogP contribution in [-0.4, -0.2) is 16.2 Å². The maximum Gasteiger partial charge on any atom is 0.222 e. The van der Waals surface area contributed by atoms with Gasteiger partial charge < -0.3 is 4.98 Å². The summed E-state index contributed by atoms with van der Waals surface area (Å²) in [6.07, 6.45) is 1.60. The minimum atomic E-state index is 0.477. The van der Waals surface area contributed by atoms with Crippen molar-refractivity contribution in [2.24, 2.45) is 5.10 Å². The van der Waals surface area contributed by atoms with Crippen molar-refractivity contribution in [2.45, 2.75) is 6.92 Å². The second-order valence-electron chi connectivity index (χ2n) is 4.62. The first kappa shape index (κ1) is 13.9. The van der Waals surface area contributed by atoms with E-state index in [4.69, 9.17) is 23.2 Å². The van der Waals surface area contributed by atoms with Crippen molar-refractivity contribution in [3.63, 3.8) is 0 Å². The third-order valence-electron chi connectivity index (χ3n) is 2.99. The van der Waals surface area contributed by atoms with Crippen molar-refractivity contribution in [2.75, 3.05) is 5.43 Å². The number of rotatable bonds is 3. The van der Waals surface area contributed by atoms with Crippen LogP contribution < -0.4 is 5.43 Å². The Morgan fingerprint density at radius 1 is 1.24 bits per heavy atom. The highest BCUT2D eigenvalue weighted by Crippen LogP contribution is 2.24. The van der Waals surface area contributed by atoms with Crippen molar-refractivity contribution in [1.82, 2.24) is 9.97 Å². The Balaban J connectivity index is 1.79. The fourth-order valence-electron chi connectivity index (χ4n) is 1.96. The van der Waals surface area contributed by atoms with E-state index in [0.29, 0.717) is 16.0 Å². The number of benzene rings is 2. The number of nitrogens with one attached hydrogen (secondary N) is 2. The van der Waals surface area contributed by atoms with E-state index in [-0.39, 0.29) is 0 Å². The van der Waals surface area contributed by atoms with Gasteiger partial charge in [-0.15, -0.1) is 0 Å². The van der Waals surface area contributed by atoms with Crippen LogP contribution in [0.3, 0.4) is 0 Å². The van der Waals surface area contributed by atoms with Gasteiger partial charge in [0.1, 0.15) is 0 Å². The molecule has 0 bridgehead atoms. The lowest BCUT2D eigenvalue weighted by molar-refractivity contribution is 1.21. The van der Waals surface area contributed by atoms with Gasteiger partial charge in [0.05, 0.1) is 27.3 Å². The predicted molar refractivity (Wildman–Crippen MR) is 88.5 cm³/mol. The van der Waals surface area contributed by atoms with Gasteiger partial charge in [0, 0.05) is 5.56 Å². The third-order valence-corrected chi connectivity index (χ3v) is 3.83. The lowest BCUT2D eigenvalue weighted by Crippen LogP contribution is -1.93. The van der Waals surface area contributed by atoms with E-state index in [1.807, 2.05) is 37.3 Å². The van der Waals surface area contributed by atoms with Gasteiger partial charge in [0.15, 0.2) is 0 Å². The van der Waals surface area contributed by atoms with Crippen molar-refractivity contribution in [1.29, 1.82) is 0 Å². The Kier molecular flexibility index (Phi) is 3.82. The van der Waals surface area contributed by atoms with Crippen LogP contribution in [0.2, 0.25) is 10.0 Å². The standard InChI is InChI=1S/C15H12Cl2N4/c1-9-5-6-12-13(7-9)20-15(19-12)21-18-8-10-3-2-4-11(16)14(10)17/h2-8H,1H3,(H2,19,20,21)/b18-8-. The maximum atomic E-state index is 6.08. The molecule has 0 radical (unpaired) electrons. The van der Waals surface area contributed by atoms with E-state index in [1.54, 1.807) is 12.3 Å². The number of aromatic amines is 1. The molecule has 3 aromatic rings. The number of fused-ring (bicyclic) bond motifs is 1. The summed E-state index contributed by atoms with van der Waals surface area (Å²) in [4.78, 5) is 7.54. The number of aromatic nitrogens is 2. The zero-order valence-electron chi connectivity index (χ0n) is 11.2. The van der Waals surface area contributed by atoms with E-state index in [9.17, 15) is 0 Å². The first-order chi connectivity index (χ1) is 10.1. The molecule has 4 nitrogen and oxygen atoms in total. The number of hydrogen-bond donors (Lipinski definition) is 2. The molecule has 2 N–H and O–H groups in total. The molecule has 1 aromatic heterocycles. The Morgan fingerprint density at radius 3 is 2.95 bits per heavy atom. The topological polar surface area (TPSA) is 53.1 Å². The quantitative estimate of drug-likeness (QED) is 0.546. The Labute approximate surface area is 131 Å². The highest BCUT2D eigenvalue weighted by molar-refractivity contribution is 6.43. The normalized spacial score (nSPS) is 11.4. The fraction of sp³-hybridized carbons (Fsp3) is 0.0667. The van der Waals surface area contributed by atoms with E-state index in [1.165, 1.54) is 5.56 Å². The summed E-state index contributed by atoms with van der Waals surface area (Å²) in [6.45, 7) is 2.03. The number of H-pyrrole nitrogens is 1. The summed E-state index contributed by atoms with van der Waals surface area (Å²) in [5.41, 5.74) is 6.62. The average Bonchev–Trinajstić information content (AvgIpc) is 2.85. The molecule has 0 aliphatic heterocycles. The van der Waals surface area contributed by atoms with Crippen LogP contribution in [0.15, 0.2) is 41.5 Å². The first-order valence-corrected chi connectivity index (χ1v) is 7.08. The van der Waals surface area contributed by atoms with Crippen LogP contribution in [0.1, 0.15) is 11.1 Å². The van der Waals surface area contributed by atoms with Crippen LogP contribution in [0, 0.1) is 6.92 Å². The molecule has 0 saturated carbocycles. The fourth-order valence-corrected chi connectivity index (χ4v) is 2.32. The molecule has 0 amide bonds. The predicted octanol–water partition coefficient (Wildman–Crippen LogP) is 4.62. The van der Waals surface area contributed by atoms with Gasteiger partial charge in [-0.1, -0.05) is 41.4 Å². The Hall–Kier alpha value is -2.04. The van der Waals surface area contributed by atoms with Gasteiger partial charge in [-0.05, 0) is 30.7 Å². The molecule has 3 rings (SSSR count). The van der Waals surface area contributed by atoms with Crippen molar-refractivity contribution < 1.29 is 0 Å². The lowest BCUT2D eigenvalue weighted by Gasteiger charge is -1.99. The number of anilines is 1. The highest BCUT2D eigenvalue weighted by Gasteiger charge is 2.03. The van der Waals surface area contributed by atoms with Gasteiger partial charge in [-0.25, -0.2) is 10.4 Å². The first-order valence-electron chi connectivity index (χ1n) is 6.33. The number of aryl methyl sites for hydroxylation is 1. The molecule has 2 aromatic carbocycles. The molecular weight excluding hydrogens is 307 g/mol. The van der Waals surface area contributed by atoms with Crippen LogP contribution in [0.25, 0.3) is 11.0 Å². The van der Waals surface area contributed by atoms with E-state index in [2.05, 4.69) is 20.5 Å². The summed E-state index contributed by atoms with van der Waals surface area (Å²) >= 11 is 12.0. The van der Waals surface area contributed by atoms with Crippen LogP contribution in [0.5, 0.6) is 0 Å². The van der Waals surface area contributed by atoms with E-state index in [0.717, 1.165) is 16.6 Å². The summed E-state index contributed by atoms with van der Waals surface area (Å²) in [5.74, 6) is 0.574. The maximum absolute atomic E-state index is 6.08. The molecule has 0 atom stereocenters. The average molecular weight is 319 g/mol. The molecule has 0 spiro atoms. The summed E-state index contributed by atoms with van der Waals surface area (Å²) in [5, 5.41) is 5.10. The van der Waals surface area contributed by atoms with Crippen LogP contribution >= 0.6 is 23.2 Å². The van der Waals surface area contributed by atoms with Gasteiger partial charge in [0.25, 0.3) is 0 Å². The van der Waals surface area contributed by atoms with Crippen LogP contribution in [0.4, 0.5) is 5.95 Å². The minimum absolute atomic E-state index is 0.477. The van der Waals surface area contributed by atoms with Gasteiger partial charge >= 0.3 is 0 Å². The van der Waals surface area contributed by atoms with Crippen molar-refractivity contribution >= 4 is 46.4 Å². The molecule has 0 saturated heterocycles. The largest absolute Gasteiger partial charge is 0.323 e. The monoisotopic (exact) mass is 318 g/mol. The molecular formula is C15H12Cl2N4. The summed E-state index contributed by atoms with van der Waals surface area (Å²) < 4.78 is 0. The summed E-state index contributed by atoms with van der Waals surface area (Å²) in [7, 11) is 0. The third kappa shape index (κ3) is 3.01. The van der Waals surface area contributed by atoms with Gasteiger partial charge in [0.2, 0.25) is 5.95 Å². The second-order valence-corrected chi connectivity index (χ2v) is 5.40. The smallest absolute Gasteiger partial charge is 0.222 e.